The fourth-order valence-electron chi connectivity index (χ4n) is 10.0. The minimum absolute atomic E-state index is 0.0440. The lowest BCUT2D eigenvalue weighted by molar-refractivity contribution is -0.150. The summed E-state index contributed by atoms with van der Waals surface area (Å²) in [5.41, 5.74) is -0.0806. The van der Waals surface area contributed by atoms with Crippen molar-refractivity contribution in [2.45, 2.75) is 228 Å². The van der Waals surface area contributed by atoms with E-state index in [1.165, 1.54) is 135 Å². The van der Waals surface area contributed by atoms with Crippen LogP contribution in [0.2, 0.25) is 0 Å². The van der Waals surface area contributed by atoms with Crippen molar-refractivity contribution in [2.75, 3.05) is 26.2 Å². The van der Waals surface area contributed by atoms with Gasteiger partial charge in [0.15, 0.2) is 0 Å². The van der Waals surface area contributed by atoms with Gasteiger partial charge in [0.2, 0.25) is 11.8 Å². The fraction of sp³-hybridized carbons (Fsp3) is 0.915. The number of nitrogens with zero attached hydrogens (tertiary/aromatic N) is 2. The van der Waals surface area contributed by atoms with Crippen LogP contribution in [-0.4, -0.2) is 47.8 Å². The number of unbranched alkanes of at least 4 members (excludes halogenated alkanes) is 20. The summed E-state index contributed by atoms with van der Waals surface area (Å²) >= 11 is 0. The third kappa shape index (κ3) is 15.1. The van der Waals surface area contributed by atoms with E-state index in [1.54, 1.807) is 0 Å². The SMILES string of the molecule is CCCCCCCCN(CCCCCCCC)C(=O)CC(C(=O)N(CCCCCCCC)CCCCCCCC)C1(CC)CC2C=CC1(CC)C2. The quantitative estimate of drug-likeness (QED) is 0.0492. The zero-order valence-corrected chi connectivity index (χ0v) is 35.4. The van der Waals surface area contributed by atoms with Gasteiger partial charge < -0.3 is 9.80 Å². The molecule has 0 saturated heterocycles. The molecule has 0 aliphatic heterocycles. The second kappa shape index (κ2) is 27.3. The minimum Gasteiger partial charge on any atom is -0.343 e. The zero-order chi connectivity index (χ0) is 37.2. The summed E-state index contributed by atoms with van der Waals surface area (Å²) < 4.78 is 0. The molecule has 4 unspecified atom stereocenters. The molecular weight excluding hydrogens is 625 g/mol. The Labute approximate surface area is 319 Å². The summed E-state index contributed by atoms with van der Waals surface area (Å²) in [6.07, 6.45) is 39.5. The molecular formula is C47H88N2O2. The van der Waals surface area contributed by atoms with Crippen molar-refractivity contribution in [3.8, 4) is 0 Å². The van der Waals surface area contributed by atoms with Crippen LogP contribution in [0.3, 0.4) is 0 Å². The summed E-state index contributed by atoms with van der Waals surface area (Å²) in [7, 11) is 0. The number of hydrogen-bond donors (Lipinski definition) is 0. The molecule has 2 bridgehead atoms. The monoisotopic (exact) mass is 713 g/mol. The summed E-state index contributed by atoms with van der Waals surface area (Å²) in [5.74, 6) is 0.922. The van der Waals surface area contributed by atoms with E-state index in [1.807, 2.05) is 0 Å². The first kappa shape index (κ1) is 45.8. The Bertz CT molecular complexity index is 899. The highest BCUT2D eigenvalue weighted by Gasteiger charge is 2.62. The van der Waals surface area contributed by atoms with Crippen LogP contribution < -0.4 is 0 Å². The van der Waals surface area contributed by atoms with Gasteiger partial charge in [0.1, 0.15) is 0 Å². The first-order valence-electron chi connectivity index (χ1n) is 23.1. The number of carbonyl (C=O) groups excluding carboxylic acids is 2. The molecule has 4 atom stereocenters. The van der Waals surface area contributed by atoms with Crippen LogP contribution in [0.1, 0.15) is 228 Å². The van der Waals surface area contributed by atoms with Crippen LogP contribution in [0.5, 0.6) is 0 Å². The van der Waals surface area contributed by atoms with Gasteiger partial charge in [-0.3, -0.25) is 9.59 Å². The largest absolute Gasteiger partial charge is 0.343 e. The maximum Gasteiger partial charge on any atom is 0.226 e. The van der Waals surface area contributed by atoms with Crippen molar-refractivity contribution in [1.82, 2.24) is 9.80 Å². The maximum atomic E-state index is 15.3. The Balaban J connectivity index is 2.33. The summed E-state index contributed by atoms with van der Waals surface area (Å²) in [6, 6.07) is 0. The molecule has 0 radical (unpaired) electrons. The van der Waals surface area contributed by atoms with Gasteiger partial charge in [0.05, 0.1) is 5.92 Å². The lowest BCUT2D eigenvalue weighted by Gasteiger charge is -2.50. The van der Waals surface area contributed by atoms with Gasteiger partial charge in [0, 0.05) is 32.6 Å². The minimum atomic E-state index is -0.221. The average Bonchev–Trinajstić information content (AvgIpc) is 3.71. The van der Waals surface area contributed by atoms with Crippen LogP contribution >= 0.6 is 0 Å². The summed E-state index contributed by atoms with van der Waals surface area (Å²) in [6.45, 7) is 17.2. The molecule has 2 rings (SSSR count). The van der Waals surface area contributed by atoms with Crippen molar-refractivity contribution in [3.05, 3.63) is 12.2 Å². The average molecular weight is 713 g/mol. The third-order valence-corrected chi connectivity index (χ3v) is 13.3. The van der Waals surface area contributed by atoms with E-state index < -0.39 is 0 Å². The first-order chi connectivity index (χ1) is 24.9. The Morgan fingerprint density at radius 2 is 0.922 bits per heavy atom. The van der Waals surface area contributed by atoms with Crippen molar-refractivity contribution in [1.29, 1.82) is 0 Å². The molecule has 298 valence electrons. The normalized spacial score (nSPS) is 21.4. The highest BCUT2D eigenvalue weighted by atomic mass is 16.2. The molecule has 51 heavy (non-hydrogen) atoms. The molecule has 0 spiro atoms. The highest BCUT2D eigenvalue weighted by Crippen LogP contribution is 2.67. The van der Waals surface area contributed by atoms with Gasteiger partial charge in [-0.15, -0.1) is 0 Å². The van der Waals surface area contributed by atoms with Crippen molar-refractivity contribution in [3.63, 3.8) is 0 Å². The van der Waals surface area contributed by atoms with Crippen molar-refractivity contribution in [2.24, 2.45) is 22.7 Å². The number of fused-ring (bicyclic) bond motifs is 2. The van der Waals surface area contributed by atoms with Crippen LogP contribution in [0.15, 0.2) is 12.2 Å². The van der Waals surface area contributed by atoms with E-state index in [9.17, 15) is 4.79 Å². The summed E-state index contributed by atoms with van der Waals surface area (Å²) in [4.78, 5) is 34.5. The number of hydrogen-bond acceptors (Lipinski definition) is 2. The number of rotatable bonds is 34. The number of allylic oxidation sites excluding steroid dienone is 2. The standard InChI is InChI=1S/C47H88N2O2/c1-7-13-17-21-25-29-35-48(36-30-26-22-18-14-8-2)44(50)39-43(47(12-6)41-42-33-34-46(47,11-5)40-42)45(51)49(37-31-27-23-19-15-9-3)38-32-28-24-20-16-10-4/h33-34,42-43H,7-32,35-41H2,1-6H3. The number of amides is 2. The maximum absolute atomic E-state index is 15.3. The van der Waals surface area contributed by atoms with Gasteiger partial charge in [-0.05, 0) is 68.1 Å². The molecule has 0 aromatic heterocycles. The van der Waals surface area contributed by atoms with Crippen LogP contribution in [-0.2, 0) is 9.59 Å². The highest BCUT2D eigenvalue weighted by molar-refractivity contribution is 5.87. The van der Waals surface area contributed by atoms with Gasteiger partial charge in [0.25, 0.3) is 0 Å². The topological polar surface area (TPSA) is 40.6 Å². The lowest BCUT2D eigenvalue weighted by Crippen LogP contribution is -2.52. The van der Waals surface area contributed by atoms with Crippen LogP contribution in [0.25, 0.3) is 0 Å². The van der Waals surface area contributed by atoms with E-state index in [4.69, 9.17) is 0 Å². The molecule has 4 nitrogen and oxygen atoms in total. The smallest absolute Gasteiger partial charge is 0.226 e. The summed E-state index contributed by atoms with van der Waals surface area (Å²) in [5, 5.41) is 0. The van der Waals surface area contributed by atoms with E-state index >= 15 is 4.79 Å². The van der Waals surface area contributed by atoms with E-state index in [-0.39, 0.29) is 22.7 Å². The molecule has 1 fully saturated rings. The van der Waals surface area contributed by atoms with Gasteiger partial charge >= 0.3 is 0 Å². The predicted molar refractivity (Wildman–Crippen MR) is 222 cm³/mol. The van der Waals surface area contributed by atoms with E-state index in [0.717, 1.165) is 71.1 Å². The fourth-order valence-corrected chi connectivity index (χ4v) is 10.0. The molecule has 2 amide bonds. The molecule has 2 aliphatic rings. The third-order valence-electron chi connectivity index (χ3n) is 13.3. The Kier molecular flexibility index (Phi) is 24.5. The Morgan fingerprint density at radius 1 is 0.529 bits per heavy atom. The lowest BCUT2D eigenvalue weighted by atomic mass is 9.55. The first-order valence-corrected chi connectivity index (χ1v) is 23.1. The molecule has 2 aliphatic carbocycles. The number of carbonyl (C=O) groups is 2. The van der Waals surface area contributed by atoms with E-state index in [0.29, 0.717) is 18.2 Å². The molecule has 0 heterocycles. The van der Waals surface area contributed by atoms with E-state index in [2.05, 4.69) is 63.5 Å². The second-order valence-corrected chi connectivity index (χ2v) is 17.1. The molecule has 0 aromatic rings. The molecule has 0 N–H and O–H groups in total. The predicted octanol–water partition coefficient (Wildman–Crippen LogP) is 13.9. The van der Waals surface area contributed by atoms with Crippen molar-refractivity contribution >= 4 is 11.8 Å². The Morgan fingerprint density at radius 3 is 1.29 bits per heavy atom. The van der Waals surface area contributed by atoms with Gasteiger partial charge in [-0.2, -0.15) is 0 Å². The Hall–Kier alpha value is -1.32. The van der Waals surface area contributed by atoms with Crippen molar-refractivity contribution < 1.29 is 9.59 Å². The zero-order valence-electron chi connectivity index (χ0n) is 35.4. The molecule has 0 aromatic carbocycles. The van der Waals surface area contributed by atoms with Gasteiger partial charge in [-0.1, -0.05) is 182 Å². The van der Waals surface area contributed by atoms with Crippen LogP contribution in [0.4, 0.5) is 0 Å². The second-order valence-electron chi connectivity index (χ2n) is 17.1. The van der Waals surface area contributed by atoms with Gasteiger partial charge in [-0.25, -0.2) is 0 Å². The molecule has 4 heteroatoms. The van der Waals surface area contributed by atoms with Crippen LogP contribution in [0, 0.1) is 22.7 Å². The molecule has 1 saturated carbocycles.